The maximum absolute atomic E-state index is 13.9. The Labute approximate surface area is 277 Å². The highest BCUT2D eigenvalue weighted by atomic mass is 16.5. The number of rotatable bonds is 12. The Balaban J connectivity index is 1.19. The fourth-order valence-corrected chi connectivity index (χ4v) is 6.53. The van der Waals surface area contributed by atoms with Crippen molar-refractivity contribution in [1.29, 1.82) is 0 Å². The lowest BCUT2D eigenvalue weighted by Gasteiger charge is -2.39. The first kappa shape index (κ1) is 32.3. The van der Waals surface area contributed by atoms with Crippen molar-refractivity contribution in [2.45, 2.75) is 38.3 Å². The Kier molecular flexibility index (Phi) is 11.2. The summed E-state index contributed by atoms with van der Waals surface area (Å²) in [5, 5.41) is 3.09. The highest BCUT2D eigenvalue weighted by molar-refractivity contribution is 6.01. The molecule has 2 aliphatic rings. The van der Waals surface area contributed by atoms with Crippen LogP contribution in [0.15, 0.2) is 108 Å². The largest absolute Gasteiger partial charge is 0.492 e. The molecule has 47 heavy (non-hydrogen) atoms. The van der Waals surface area contributed by atoms with Gasteiger partial charge in [0.25, 0.3) is 5.91 Å². The number of morpholine rings is 1. The van der Waals surface area contributed by atoms with Gasteiger partial charge in [-0.3, -0.25) is 14.6 Å². The Hall–Kier alpha value is -4.60. The first-order valence-electron chi connectivity index (χ1n) is 16.7. The lowest BCUT2D eigenvalue weighted by Crippen LogP contribution is -2.45. The Morgan fingerprint density at radius 2 is 1.68 bits per heavy atom. The summed E-state index contributed by atoms with van der Waals surface area (Å²) < 4.78 is 17.2. The van der Waals surface area contributed by atoms with Crippen LogP contribution in [-0.2, 0) is 11.3 Å². The van der Waals surface area contributed by atoms with Crippen LogP contribution in [0, 0.1) is 5.92 Å². The third-order valence-corrected chi connectivity index (χ3v) is 9.00. The molecule has 3 aromatic carbocycles. The van der Waals surface area contributed by atoms with E-state index in [1.54, 1.807) is 18.4 Å². The monoisotopic (exact) mass is 636 g/mol. The number of benzene rings is 3. The van der Waals surface area contributed by atoms with Crippen molar-refractivity contribution in [3.05, 3.63) is 115 Å². The number of carbonyl (C=O) groups is 2. The van der Waals surface area contributed by atoms with Gasteiger partial charge in [0.15, 0.2) is 5.76 Å². The number of nitrogens with one attached hydrogen (secondary N) is 1. The van der Waals surface area contributed by atoms with Crippen LogP contribution in [0.5, 0.6) is 5.75 Å². The molecule has 0 spiro atoms. The number of ether oxygens (including phenoxy) is 2. The van der Waals surface area contributed by atoms with Crippen LogP contribution in [0.25, 0.3) is 0 Å². The van der Waals surface area contributed by atoms with Crippen molar-refractivity contribution < 1.29 is 23.5 Å². The smallest absolute Gasteiger partial charge is 0.326 e. The number of nitrogens with zero attached hydrogens (tertiary/aromatic N) is 3. The van der Waals surface area contributed by atoms with Gasteiger partial charge >= 0.3 is 6.03 Å². The molecular formula is C38H44N4O5. The summed E-state index contributed by atoms with van der Waals surface area (Å²) in [5.74, 6) is 1.15. The molecule has 1 aliphatic carbocycles. The zero-order valence-electron chi connectivity index (χ0n) is 26.8. The van der Waals surface area contributed by atoms with E-state index in [0.717, 1.165) is 81.2 Å². The zero-order chi connectivity index (χ0) is 32.3. The third-order valence-electron chi connectivity index (χ3n) is 9.00. The van der Waals surface area contributed by atoms with Crippen LogP contribution in [0.3, 0.4) is 0 Å². The molecule has 1 saturated heterocycles. The SMILES string of the molecule is O=C(Nc1ccccc1)N(CC1CCCC(N(Cc2ccccc2)C(=O)c2ccco2)C1)c1cccc(OCCN2CCOCC2)c1. The van der Waals surface area contributed by atoms with E-state index >= 15 is 0 Å². The second-order valence-corrected chi connectivity index (χ2v) is 12.3. The normalized spacial score (nSPS) is 18.3. The number of hydrogen-bond acceptors (Lipinski definition) is 6. The highest BCUT2D eigenvalue weighted by Crippen LogP contribution is 2.33. The Bertz CT molecular complexity index is 1540. The van der Waals surface area contributed by atoms with Crippen molar-refractivity contribution >= 4 is 23.3 Å². The van der Waals surface area contributed by atoms with Crippen molar-refractivity contribution in [3.63, 3.8) is 0 Å². The number of hydrogen-bond donors (Lipinski definition) is 1. The van der Waals surface area contributed by atoms with E-state index < -0.39 is 0 Å². The number of furan rings is 1. The molecule has 9 heteroatoms. The number of carbonyl (C=O) groups excluding carboxylic acids is 2. The zero-order valence-corrected chi connectivity index (χ0v) is 26.8. The van der Waals surface area contributed by atoms with Crippen LogP contribution >= 0.6 is 0 Å². The van der Waals surface area contributed by atoms with Gasteiger partial charge in [-0.25, -0.2) is 4.79 Å². The second kappa shape index (κ2) is 16.3. The molecule has 3 amide bonds. The van der Waals surface area contributed by atoms with Gasteiger partial charge in [0.1, 0.15) is 12.4 Å². The lowest BCUT2D eigenvalue weighted by atomic mass is 9.84. The van der Waals surface area contributed by atoms with Gasteiger partial charge in [-0.15, -0.1) is 0 Å². The quantitative estimate of drug-likeness (QED) is 0.182. The molecule has 6 rings (SSSR count). The summed E-state index contributed by atoms with van der Waals surface area (Å²) in [6.45, 7) is 5.73. The molecule has 2 fully saturated rings. The fraction of sp³-hybridized carbons (Fsp3) is 0.368. The van der Waals surface area contributed by atoms with E-state index in [1.165, 1.54) is 0 Å². The van der Waals surface area contributed by atoms with Crippen LogP contribution in [0.1, 0.15) is 41.8 Å². The maximum Gasteiger partial charge on any atom is 0.326 e. The molecule has 1 N–H and O–H groups in total. The number of para-hydroxylation sites is 1. The van der Waals surface area contributed by atoms with Crippen molar-refractivity contribution in [2.24, 2.45) is 5.92 Å². The Morgan fingerprint density at radius 3 is 2.45 bits per heavy atom. The summed E-state index contributed by atoms with van der Waals surface area (Å²) in [6.07, 6.45) is 5.16. The van der Waals surface area contributed by atoms with E-state index in [4.69, 9.17) is 13.9 Å². The van der Waals surface area contributed by atoms with E-state index in [-0.39, 0.29) is 23.9 Å². The minimum absolute atomic E-state index is 0.0143. The number of amides is 3. The first-order chi connectivity index (χ1) is 23.1. The van der Waals surface area contributed by atoms with Crippen LogP contribution in [-0.4, -0.2) is 73.8 Å². The van der Waals surface area contributed by atoms with Gasteiger partial charge in [-0.1, -0.05) is 61.0 Å². The Morgan fingerprint density at radius 1 is 0.894 bits per heavy atom. The maximum atomic E-state index is 13.9. The molecule has 4 aromatic rings. The molecule has 1 aliphatic heterocycles. The summed E-state index contributed by atoms with van der Waals surface area (Å²) in [4.78, 5) is 33.8. The molecule has 2 unspecified atom stereocenters. The number of urea groups is 1. The number of anilines is 2. The van der Waals surface area contributed by atoms with Gasteiger partial charge < -0.3 is 24.1 Å². The predicted molar refractivity (Wildman–Crippen MR) is 183 cm³/mol. The summed E-state index contributed by atoms with van der Waals surface area (Å²) in [5.41, 5.74) is 2.58. The topological polar surface area (TPSA) is 87.5 Å². The average Bonchev–Trinajstić information content (AvgIpc) is 3.66. The molecule has 2 atom stereocenters. The van der Waals surface area contributed by atoms with E-state index in [1.807, 2.05) is 94.7 Å². The molecule has 246 valence electrons. The molecule has 0 bridgehead atoms. The van der Waals surface area contributed by atoms with Gasteiger partial charge in [-0.05, 0) is 67.1 Å². The molecule has 9 nitrogen and oxygen atoms in total. The summed E-state index contributed by atoms with van der Waals surface area (Å²) >= 11 is 0. The van der Waals surface area contributed by atoms with Gasteiger partial charge in [0.05, 0.1) is 19.5 Å². The minimum Gasteiger partial charge on any atom is -0.492 e. The minimum atomic E-state index is -0.198. The van der Waals surface area contributed by atoms with Crippen LogP contribution in [0.2, 0.25) is 0 Å². The molecule has 1 aromatic heterocycles. The van der Waals surface area contributed by atoms with Crippen LogP contribution in [0.4, 0.5) is 16.2 Å². The lowest BCUT2D eigenvalue weighted by molar-refractivity contribution is 0.0322. The molecule has 1 saturated carbocycles. The van der Waals surface area contributed by atoms with Crippen molar-refractivity contribution in [2.75, 3.05) is 56.2 Å². The third kappa shape index (κ3) is 9.02. The summed E-state index contributed by atoms with van der Waals surface area (Å²) in [7, 11) is 0. The van der Waals surface area contributed by atoms with Gasteiger partial charge in [0, 0.05) is 56.2 Å². The molecular weight excluding hydrogens is 592 g/mol. The highest BCUT2D eigenvalue weighted by Gasteiger charge is 2.33. The molecule has 2 heterocycles. The van der Waals surface area contributed by atoms with Crippen molar-refractivity contribution in [3.8, 4) is 5.75 Å². The van der Waals surface area contributed by atoms with Gasteiger partial charge in [-0.2, -0.15) is 0 Å². The van der Waals surface area contributed by atoms with Crippen LogP contribution < -0.4 is 15.0 Å². The van der Waals surface area contributed by atoms with E-state index in [9.17, 15) is 9.59 Å². The molecule has 0 radical (unpaired) electrons. The average molecular weight is 637 g/mol. The van der Waals surface area contributed by atoms with E-state index in [0.29, 0.717) is 25.5 Å². The standard InChI is InChI=1S/C38H44N4O5/c43-37(36-18-9-22-47-36)41(28-30-10-3-1-4-11-30)33-15-7-12-31(26-33)29-42(38(44)39-32-13-5-2-6-14-32)34-16-8-17-35(27-34)46-25-21-40-19-23-45-24-20-40/h1-6,8-11,13-14,16-18,22,27,31,33H,7,12,15,19-21,23-26,28-29H2,(H,39,44). The summed E-state index contributed by atoms with van der Waals surface area (Å²) in [6, 6.07) is 30.7. The van der Waals surface area contributed by atoms with Crippen molar-refractivity contribution in [1.82, 2.24) is 9.80 Å². The van der Waals surface area contributed by atoms with Gasteiger partial charge in [0.2, 0.25) is 0 Å². The fourth-order valence-electron chi connectivity index (χ4n) is 6.53. The second-order valence-electron chi connectivity index (χ2n) is 12.3. The predicted octanol–water partition coefficient (Wildman–Crippen LogP) is 6.93. The first-order valence-corrected chi connectivity index (χ1v) is 16.7. The van der Waals surface area contributed by atoms with E-state index in [2.05, 4.69) is 10.2 Å².